The molecule has 2 N–H and O–H groups in total. The maximum absolute atomic E-state index is 11.7. The second-order valence-electron chi connectivity index (χ2n) is 4.20. The number of nitrogens with zero attached hydrogens (tertiary/aromatic N) is 2. The van der Waals surface area contributed by atoms with Crippen molar-refractivity contribution >= 4 is 5.91 Å². The summed E-state index contributed by atoms with van der Waals surface area (Å²) in [6.07, 6.45) is 1.71. The van der Waals surface area contributed by atoms with Gasteiger partial charge < -0.3 is 10.6 Å². The molecule has 0 saturated heterocycles. The highest BCUT2D eigenvalue weighted by Gasteiger charge is 2.25. The number of hydrogen-bond acceptors (Lipinski definition) is 3. The summed E-state index contributed by atoms with van der Waals surface area (Å²) in [6, 6.07) is 5.62. The van der Waals surface area contributed by atoms with Gasteiger partial charge in [0.25, 0.3) is 0 Å². The van der Waals surface area contributed by atoms with E-state index < -0.39 is 5.54 Å². The number of carbonyl (C=O) groups excluding carboxylic acids is 1. The van der Waals surface area contributed by atoms with Crippen molar-refractivity contribution in [2.24, 2.45) is 5.73 Å². The van der Waals surface area contributed by atoms with Crippen molar-refractivity contribution in [3.05, 3.63) is 30.1 Å². The van der Waals surface area contributed by atoms with Crippen LogP contribution < -0.4 is 5.73 Å². The molecule has 0 spiro atoms. The summed E-state index contributed by atoms with van der Waals surface area (Å²) in [5, 5.41) is 0. The van der Waals surface area contributed by atoms with E-state index in [0.29, 0.717) is 6.54 Å². The molecule has 0 bridgehead atoms. The molecule has 0 saturated carbocycles. The van der Waals surface area contributed by atoms with E-state index in [1.165, 1.54) is 0 Å². The Morgan fingerprint density at radius 2 is 2.20 bits per heavy atom. The molecule has 1 heterocycles. The molecule has 0 aliphatic rings. The third-order valence-corrected chi connectivity index (χ3v) is 2.02. The normalized spacial score (nSPS) is 11.2. The van der Waals surface area contributed by atoms with Crippen LogP contribution in [0.2, 0.25) is 0 Å². The van der Waals surface area contributed by atoms with Crippen LogP contribution in [0.5, 0.6) is 0 Å². The van der Waals surface area contributed by atoms with Crippen molar-refractivity contribution in [1.29, 1.82) is 0 Å². The Morgan fingerprint density at radius 1 is 1.53 bits per heavy atom. The SMILES string of the molecule is CN(Cc1ccccn1)C(=O)C(C)(C)N. The van der Waals surface area contributed by atoms with Crippen molar-refractivity contribution in [3.8, 4) is 0 Å². The highest BCUT2D eigenvalue weighted by Crippen LogP contribution is 2.06. The molecular formula is C11H17N3O. The molecule has 4 heteroatoms. The smallest absolute Gasteiger partial charge is 0.242 e. The molecule has 0 fully saturated rings. The zero-order valence-corrected chi connectivity index (χ0v) is 9.40. The predicted molar refractivity (Wildman–Crippen MR) is 59.0 cm³/mol. The quantitative estimate of drug-likeness (QED) is 0.796. The van der Waals surface area contributed by atoms with E-state index in [4.69, 9.17) is 5.73 Å². The molecule has 1 aromatic rings. The molecule has 1 amide bonds. The average Bonchev–Trinajstić information content (AvgIpc) is 2.16. The van der Waals surface area contributed by atoms with Crippen LogP contribution in [-0.2, 0) is 11.3 Å². The third kappa shape index (κ3) is 3.32. The van der Waals surface area contributed by atoms with Crippen molar-refractivity contribution in [1.82, 2.24) is 9.88 Å². The summed E-state index contributed by atoms with van der Waals surface area (Å²) < 4.78 is 0. The second-order valence-corrected chi connectivity index (χ2v) is 4.20. The van der Waals surface area contributed by atoms with Crippen molar-refractivity contribution < 1.29 is 4.79 Å². The number of nitrogens with two attached hydrogens (primary N) is 1. The second kappa shape index (κ2) is 4.40. The Labute approximate surface area is 90.1 Å². The van der Waals surface area contributed by atoms with Crippen LogP contribution in [0.15, 0.2) is 24.4 Å². The van der Waals surface area contributed by atoms with Gasteiger partial charge in [-0.1, -0.05) is 6.07 Å². The fraction of sp³-hybridized carbons (Fsp3) is 0.455. The van der Waals surface area contributed by atoms with Gasteiger partial charge in [0, 0.05) is 13.2 Å². The van der Waals surface area contributed by atoms with Crippen LogP contribution in [0.3, 0.4) is 0 Å². The molecule has 0 radical (unpaired) electrons. The summed E-state index contributed by atoms with van der Waals surface area (Å²) in [6.45, 7) is 3.88. The van der Waals surface area contributed by atoms with Crippen LogP contribution in [0.1, 0.15) is 19.5 Å². The number of pyridine rings is 1. The highest BCUT2D eigenvalue weighted by atomic mass is 16.2. The van der Waals surface area contributed by atoms with Gasteiger partial charge in [0.15, 0.2) is 0 Å². The van der Waals surface area contributed by atoms with Gasteiger partial charge >= 0.3 is 0 Å². The Morgan fingerprint density at radius 3 is 2.67 bits per heavy atom. The molecule has 15 heavy (non-hydrogen) atoms. The Balaban J connectivity index is 2.65. The number of hydrogen-bond donors (Lipinski definition) is 1. The zero-order valence-electron chi connectivity index (χ0n) is 9.40. The number of carbonyl (C=O) groups is 1. The van der Waals surface area contributed by atoms with E-state index in [1.54, 1.807) is 32.0 Å². The highest BCUT2D eigenvalue weighted by molar-refractivity contribution is 5.84. The maximum atomic E-state index is 11.7. The van der Waals surface area contributed by atoms with Gasteiger partial charge in [-0.25, -0.2) is 0 Å². The molecule has 1 rings (SSSR count). The van der Waals surface area contributed by atoms with E-state index in [1.807, 2.05) is 18.2 Å². The first-order valence-corrected chi connectivity index (χ1v) is 4.85. The minimum absolute atomic E-state index is 0.0897. The van der Waals surface area contributed by atoms with E-state index in [0.717, 1.165) is 5.69 Å². The fourth-order valence-corrected chi connectivity index (χ4v) is 1.30. The zero-order chi connectivity index (χ0) is 11.5. The molecule has 0 atom stereocenters. The molecular weight excluding hydrogens is 190 g/mol. The predicted octanol–water partition coefficient (Wildman–Crippen LogP) is 0.777. The van der Waals surface area contributed by atoms with Gasteiger partial charge in [-0.3, -0.25) is 9.78 Å². The van der Waals surface area contributed by atoms with Crippen LogP contribution in [0.25, 0.3) is 0 Å². The largest absolute Gasteiger partial charge is 0.338 e. The minimum Gasteiger partial charge on any atom is -0.338 e. The minimum atomic E-state index is -0.830. The van der Waals surface area contributed by atoms with Gasteiger partial charge in [-0.15, -0.1) is 0 Å². The van der Waals surface area contributed by atoms with E-state index >= 15 is 0 Å². The van der Waals surface area contributed by atoms with Crippen molar-refractivity contribution in [3.63, 3.8) is 0 Å². The van der Waals surface area contributed by atoms with Gasteiger partial charge in [-0.05, 0) is 26.0 Å². The first kappa shape index (κ1) is 11.7. The number of rotatable bonds is 3. The number of likely N-dealkylation sites (N-methyl/N-ethyl adjacent to an activating group) is 1. The summed E-state index contributed by atoms with van der Waals surface area (Å²) in [5.41, 5.74) is 5.75. The van der Waals surface area contributed by atoms with Gasteiger partial charge in [0.05, 0.1) is 17.8 Å². The molecule has 0 aliphatic carbocycles. The standard InChI is InChI=1S/C11H17N3O/c1-11(2,12)10(15)14(3)8-9-6-4-5-7-13-9/h4-7H,8,12H2,1-3H3. The molecule has 82 valence electrons. The topological polar surface area (TPSA) is 59.2 Å². The number of aromatic nitrogens is 1. The summed E-state index contributed by atoms with van der Waals surface area (Å²) in [7, 11) is 1.73. The van der Waals surface area contributed by atoms with Gasteiger partial charge in [0.1, 0.15) is 0 Å². The van der Waals surface area contributed by atoms with Gasteiger partial charge in [0.2, 0.25) is 5.91 Å². The molecule has 1 aromatic heterocycles. The first-order chi connectivity index (χ1) is 6.91. The lowest BCUT2D eigenvalue weighted by Crippen LogP contribution is -2.49. The van der Waals surface area contributed by atoms with Crippen molar-refractivity contribution in [2.45, 2.75) is 25.9 Å². The number of amides is 1. The first-order valence-electron chi connectivity index (χ1n) is 4.85. The summed E-state index contributed by atoms with van der Waals surface area (Å²) in [5.74, 6) is -0.0897. The lowest BCUT2D eigenvalue weighted by molar-refractivity contribution is -0.135. The average molecular weight is 207 g/mol. The van der Waals surface area contributed by atoms with Crippen molar-refractivity contribution in [2.75, 3.05) is 7.05 Å². The Bertz CT molecular complexity index is 329. The summed E-state index contributed by atoms with van der Waals surface area (Å²) >= 11 is 0. The maximum Gasteiger partial charge on any atom is 0.242 e. The Kier molecular flexibility index (Phi) is 3.42. The lowest BCUT2D eigenvalue weighted by atomic mass is 10.1. The van der Waals surface area contributed by atoms with Crippen LogP contribution in [0, 0.1) is 0 Å². The van der Waals surface area contributed by atoms with E-state index in [-0.39, 0.29) is 5.91 Å². The fourth-order valence-electron chi connectivity index (χ4n) is 1.30. The van der Waals surface area contributed by atoms with E-state index in [2.05, 4.69) is 4.98 Å². The molecule has 0 aliphatic heterocycles. The van der Waals surface area contributed by atoms with Gasteiger partial charge in [-0.2, -0.15) is 0 Å². The van der Waals surface area contributed by atoms with E-state index in [9.17, 15) is 4.79 Å². The summed E-state index contributed by atoms with van der Waals surface area (Å²) in [4.78, 5) is 17.5. The Hall–Kier alpha value is -1.42. The third-order valence-electron chi connectivity index (χ3n) is 2.02. The van der Waals surface area contributed by atoms with Crippen LogP contribution in [0.4, 0.5) is 0 Å². The lowest BCUT2D eigenvalue weighted by Gasteiger charge is -2.25. The molecule has 0 aromatic carbocycles. The molecule has 4 nitrogen and oxygen atoms in total. The van der Waals surface area contributed by atoms with Crippen LogP contribution in [-0.4, -0.2) is 28.4 Å². The monoisotopic (exact) mass is 207 g/mol. The molecule has 0 unspecified atom stereocenters. The van der Waals surface area contributed by atoms with Crippen LogP contribution >= 0.6 is 0 Å².